The number of alkyl halides is 1. The third kappa shape index (κ3) is 0.910. The molecule has 0 aromatic carbocycles. The second kappa shape index (κ2) is 2.21. The van der Waals surface area contributed by atoms with Crippen molar-refractivity contribution in [2.24, 2.45) is 5.92 Å². The lowest BCUT2D eigenvalue weighted by atomic mass is 10.1. The zero-order valence-corrected chi connectivity index (χ0v) is 8.23. The Bertz CT molecular complexity index is 183. The predicted octanol–water partition coefficient (Wildman–Crippen LogP) is 1.66. The molecule has 1 heterocycles. The van der Waals surface area contributed by atoms with Gasteiger partial charge in [0.2, 0.25) is 0 Å². The van der Waals surface area contributed by atoms with Gasteiger partial charge in [-0.1, -0.05) is 29.3 Å². The van der Waals surface area contributed by atoms with Crippen LogP contribution >= 0.6 is 15.9 Å². The maximum absolute atomic E-state index is 9.99. The second-order valence-electron chi connectivity index (χ2n) is 3.61. The van der Waals surface area contributed by atoms with Crippen molar-refractivity contribution in [1.82, 2.24) is 0 Å². The molecule has 11 heavy (non-hydrogen) atoms. The molecule has 3 atom stereocenters. The largest absolute Gasteiger partial charge is 0.364 e. The first kappa shape index (κ1) is 8.02. The SMILES string of the molecule is CCCC1(O)OCC2CC21Br. The van der Waals surface area contributed by atoms with Gasteiger partial charge in [-0.3, -0.25) is 0 Å². The highest BCUT2D eigenvalue weighted by atomic mass is 79.9. The first-order valence-electron chi connectivity index (χ1n) is 4.17. The third-order valence-electron chi connectivity index (χ3n) is 2.79. The van der Waals surface area contributed by atoms with Gasteiger partial charge in [0.15, 0.2) is 5.79 Å². The highest BCUT2D eigenvalue weighted by molar-refractivity contribution is 9.10. The Balaban J connectivity index is 2.13. The summed E-state index contributed by atoms with van der Waals surface area (Å²) in [7, 11) is 0. The zero-order valence-electron chi connectivity index (χ0n) is 6.64. The Morgan fingerprint density at radius 3 is 2.82 bits per heavy atom. The van der Waals surface area contributed by atoms with E-state index in [0.717, 1.165) is 25.9 Å². The van der Waals surface area contributed by atoms with Gasteiger partial charge in [-0.25, -0.2) is 0 Å². The maximum Gasteiger partial charge on any atom is 0.181 e. The van der Waals surface area contributed by atoms with Crippen molar-refractivity contribution < 1.29 is 9.84 Å². The van der Waals surface area contributed by atoms with Crippen LogP contribution in [0.5, 0.6) is 0 Å². The third-order valence-corrected chi connectivity index (χ3v) is 4.38. The highest BCUT2D eigenvalue weighted by Crippen LogP contribution is 2.64. The van der Waals surface area contributed by atoms with Crippen molar-refractivity contribution in [3.63, 3.8) is 0 Å². The van der Waals surface area contributed by atoms with Crippen molar-refractivity contribution >= 4 is 15.9 Å². The molecule has 1 saturated heterocycles. The Hall–Kier alpha value is 0.400. The van der Waals surface area contributed by atoms with Crippen LogP contribution in [-0.2, 0) is 4.74 Å². The Morgan fingerprint density at radius 2 is 2.45 bits per heavy atom. The van der Waals surface area contributed by atoms with E-state index < -0.39 is 5.79 Å². The van der Waals surface area contributed by atoms with E-state index in [0.29, 0.717) is 5.92 Å². The minimum Gasteiger partial charge on any atom is -0.364 e. The van der Waals surface area contributed by atoms with Gasteiger partial charge in [-0.05, 0) is 6.42 Å². The average Bonchev–Trinajstić information content (AvgIpc) is 2.54. The topological polar surface area (TPSA) is 29.5 Å². The van der Waals surface area contributed by atoms with E-state index in [-0.39, 0.29) is 4.32 Å². The fourth-order valence-electron chi connectivity index (χ4n) is 1.95. The van der Waals surface area contributed by atoms with Gasteiger partial charge >= 0.3 is 0 Å². The van der Waals surface area contributed by atoms with Crippen molar-refractivity contribution in [2.75, 3.05) is 6.61 Å². The number of halogens is 1. The van der Waals surface area contributed by atoms with E-state index in [4.69, 9.17) is 4.74 Å². The van der Waals surface area contributed by atoms with Crippen LogP contribution in [0.25, 0.3) is 0 Å². The summed E-state index contributed by atoms with van der Waals surface area (Å²) in [5.41, 5.74) is 0. The first-order chi connectivity index (χ1) is 5.12. The normalized spacial score (nSPS) is 54.3. The molecule has 0 amide bonds. The van der Waals surface area contributed by atoms with Gasteiger partial charge in [0.25, 0.3) is 0 Å². The molecule has 1 saturated carbocycles. The quantitative estimate of drug-likeness (QED) is 0.718. The van der Waals surface area contributed by atoms with E-state index in [1.54, 1.807) is 0 Å². The summed E-state index contributed by atoms with van der Waals surface area (Å²) < 4.78 is 5.27. The van der Waals surface area contributed by atoms with Crippen LogP contribution < -0.4 is 0 Å². The Labute approximate surface area is 75.1 Å². The van der Waals surface area contributed by atoms with Gasteiger partial charge in [0.1, 0.15) is 0 Å². The van der Waals surface area contributed by atoms with Crippen LogP contribution in [0.4, 0.5) is 0 Å². The van der Waals surface area contributed by atoms with E-state index in [2.05, 4.69) is 22.9 Å². The molecule has 64 valence electrons. The molecule has 1 N–H and O–H groups in total. The molecule has 2 fully saturated rings. The molecule has 0 aromatic rings. The molecule has 3 heteroatoms. The molecule has 2 nitrogen and oxygen atoms in total. The van der Waals surface area contributed by atoms with Gasteiger partial charge in [-0.15, -0.1) is 0 Å². The highest BCUT2D eigenvalue weighted by Gasteiger charge is 2.70. The van der Waals surface area contributed by atoms with Crippen molar-refractivity contribution in [2.45, 2.75) is 36.3 Å². The minimum atomic E-state index is -0.869. The van der Waals surface area contributed by atoms with Crippen LogP contribution in [0.3, 0.4) is 0 Å². The first-order valence-corrected chi connectivity index (χ1v) is 4.97. The molecule has 0 aromatic heterocycles. The van der Waals surface area contributed by atoms with Crippen molar-refractivity contribution in [3.05, 3.63) is 0 Å². The lowest BCUT2D eigenvalue weighted by molar-refractivity contribution is -0.187. The van der Waals surface area contributed by atoms with E-state index in [1.807, 2.05) is 0 Å². The molecular weight excluding hydrogens is 208 g/mol. The molecule has 1 aliphatic carbocycles. The summed E-state index contributed by atoms with van der Waals surface area (Å²) >= 11 is 3.57. The number of fused-ring (bicyclic) bond motifs is 1. The molecular formula is C8H13BrO2. The van der Waals surface area contributed by atoms with Crippen LogP contribution in [0.1, 0.15) is 26.2 Å². The van der Waals surface area contributed by atoms with Gasteiger partial charge in [0.05, 0.1) is 10.9 Å². The lowest BCUT2D eigenvalue weighted by Crippen LogP contribution is -2.39. The summed E-state index contributed by atoms with van der Waals surface area (Å²) in [6, 6.07) is 0. The van der Waals surface area contributed by atoms with E-state index >= 15 is 0 Å². The predicted molar refractivity (Wildman–Crippen MR) is 45.6 cm³/mol. The summed E-state index contributed by atoms with van der Waals surface area (Å²) in [6.07, 6.45) is 2.79. The summed E-state index contributed by atoms with van der Waals surface area (Å²) in [5.74, 6) is -0.314. The van der Waals surface area contributed by atoms with Gasteiger partial charge < -0.3 is 9.84 Å². The lowest BCUT2D eigenvalue weighted by Gasteiger charge is -2.28. The van der Waals surface area contributed by atoms with Crippen LogP contribution in [0, 0.1) is 5.92 Å². The number of hydrogen-bond donors (Lipinski definition) is 1. The molecule has 0 bridgehead atoms. The molecule has 2 aliphatic rings. The fraction of sp³-hybridized carbons (Fsp3) is 1.00. The van der Waals surface area contributed by atoms with Crippen LogP contribution in [0.2, 0.25) is 0 Å². The standard InChI is InChI=1S/C8H13BrO2/c1-2-3-8(10)7(9)4-6(7)5-11-8/h6,10H,2-5H2,1H3. The van der Waals surface area contributed by atoms with Gasteiger partial charge in [-0.2, -0.15) is 0 Å². The summed E-state index contributed by atoms with van der Waals surface area (Å²) in [4.78, 5) is 0. The molecule has 2 rings (SSSR count). The average molecular weight is 221 g/mol. The minimum absolute atomic E-state index is 0.0873. The van der Waals surface area contributed by atoms with Crippen molar-refractivity contribution in [3.8, 4) is 0 Å². The van der Waals surface area contributed by atoms with E-state index in [1.165, 1.54) is 0 Å². The number of rotatable bonds is 2. The van der Waals surface area contributed by atoms with E-state index in [9.17, 15) is 5.11 Å². The summed E-state index contributed by atoms with van der Waals surface area (Å²) in [6.45, 7) is 2.79. The Morgan fingerprint density at radius 1 is 1.73 bits per heavy atom. The smallest absolute Gasteiger partial charge is 0.181 e. The molecule has 0 spiro atoms. The number of hydrogen-bond acceptors (Lipinski definition) is 2. The monoisotopic (exact) mass is 220 g/mol. The van der Waals surface area contributed by atoms with Crippen LogP contribution in [-0.4, -0.2) is 21.8 Å². The fourth-order valence-corrected chi connectivity index (χ4v) is 2.78. The summed E-state index contributed by atoms with van der Waals surface area (Å²) in [5, 5.41) is 9.99. The van der Waals surface area contributed by atoms with Crippen LogP contribution in [0.15, 0.2) is 0 Å². The second-order valence-corrected chi connectivity index (χ2v) is 5.02. The Kier molecular flexibility index (Phi) is 1.61. The molecule has 0 radical (unpaired) electrons. The molecule has 1 aliphatic heterocycles. The zero-order chi connectivity index (χ0) is 8.11. The maximum atomic E-state index is 9.99. The van der Waals surface area contributed by atoms with Crippen molar-refractivity contribution in [1.29, 1.82) is 0 Å². The van der Waals surface area contributed by atoms with Gasteiger partial charge in [0, 0.05) is 12.3 Å². The molecule has 3 unspecified atom stereocenters. The number of aliphatic hydroxyl groups is 1. The number of ether oxygens (including phenoxy) is 1.